The predicted molar refractivity (Wildman–Crippen MR) is 52.3 cm³/mol. The van der Waals surface area contributed by atoms with Crippen LogP contribution in [-0.4, -0.2) is 12.2 Å². The van der Waals surface area contributed by atoms with E-state index < -0.39 is 0 Å². The molecule has 1 fully saturated rings. The molecule has 2 nitrogen and oxygen atoms in total. The molecule has 0 radical (unpaired) electrons. The summed E-state index contributed by atoms with van der Waals surface area (Å²) in [5, 5.41) is 8.71. The van der Waals surface area contributed by atoms with Gasteiger partial charge in [-0.25, -0.2) is 0 Å². The first kappa shape index (κ1) is 10.5. The molecule has 0 aromatic carbocycles. The van der Waals surface area contributed by atoms with Crippen LogP contribution in [0.5, 0.6) is 0 Å². The normalized spacial score (nSPS) is 28.3. The van der Waals surface area contributed by atoms with Crippen molar-refractivity contribution >= 4 is 0 Å². The van der Waals surface area contributed by atoms with E-state index in [1.54, 1.807) is 0 Å². The van der Waals surface area contributed by atoms with Gasteiger partial charge in [-0.2, -0.15) is 5.26 Å². The smallest absolute Gasteiger partial charge is 0.144 e. The Kier molecular flexibility index (Phi) is 4.85. The predicted octanol–water partition coefficient (Wildman–Crippen LogP) is 3.03. The molecule has 13 heavy (non-hydrogen) atoms. The van der Waals surface area contributed by atoms with Gasteiger partial charge < -0.3 is 4.74 Å². The summed E-state index contributed by atoms with van der Waals surface area (Å²) < 4.78 is 5.62. The van der Waals surface area contributed by atoms with Crippen molar-refractivity contribution in [2.45, 2.75) is 64.1 Å². The third-order valence-electron chi connectivity index (χ3n) is 2.62. The molecule has 0 saturated carbocycles. The molecule has 0 amide bonds. The fraction of sp³-hybridized carbons (Fsp3) is 0.909. The quantitative estimate of drug-likeness (QED) is 0.624. The lowest BCUT2D eigenvalue weighted by molar-refractivity contribution is -0.0262. The Hall–Kier alpha value is -0.550. The lowest BCUT2D eigenvalue weighted by Gasteiger charge is -2.26. The average molecular weight is 181 g/mol. The average Bonchev–Trinajstić information content (AvgIpc) is 2.19. The van der Waals surface area contributed by atoms with E-state index in [0.29, 0.717) is 6.10 Å². The number of hydrogen-bond acceptors (Lipinski definition) is 2. The Morgan fingerprint density at radius 1 is 1.38 bits per heavy atom. The summed E-state index contributed by atoms with van der Waals surface area (Å²) in [6, 6.07) is 2.20. The van der Waals surface area contributed by atoms with Gasteiger partial charge in [-0.15, -0.1) is 0 Å². The van der Waals surface area contributed by atoms with Gasteiger partial charge >= 0.3 is 0 Å². The van der Waals surface area contributed by atoms with Crippen molar-refractivity contribution in [3.63, 3.8) is 0 Å². The van der Waals surface area contributed by atoms with Crippen LogP contribution in [0.1, 0.15) is 51.9 Å². The van der Waals surface area contributed by atoms with Gasteiger partial charge in [0.05, 0.1) is 12.2 Å². The van der Waals surface area contributed by atoms with E-state index in [-0.39, 0.29) is 6.10 Å². The molecule has 2 heteroatoms. The number of rotatable bonds is 4. The Labute approximate surface area is 80.9 Å². The van der Waals surface area contributed by atoms with Crippen LogP contribution in [0.15, 0.2) is 0 Å². The molecule has 1 aliphatic rings. The highest BCUT2D eigenvalue weighted by atomic mass is 16.5. The maximum atomic E-state index is 8.71. The molecule has 0 aromatic rings. The molecule has 1 rings (SSSR count). The van der Waals surface area contributed by atoms with E-state index in [1.807, 2.05) is 0 Å². The van der Waals surface area contributed by atoms with Gasteiger partial charge in [0, 0.05) is 0 Å². The molecule has 1 heterocycles. The molecule has 74 valence electrons. The maximum Gasteiger partial charge on any atom is 0.144 e. The minimum absolute atomic E-state index is 0.125. The number of unbranched alkanes of at least 4 members (excludes halogenated alkanes) is 2. The second kappa shape index (κ2) is 5.99. The van der Waals surface area contributed by atoms with Crippen molar-refractivity contribution in [1.82, 2.24) is 0 Å². The fourth-order valence-electron chi connectivity index (χ4n) is 1.83. The summed E-state index contributed by atoms with van der Waals surface area (Å²) in [7, 11) is 0. The number of ether oxygens (including phenoxy) is 1. The summed E-state index contributed by atoms with van der Waals surface area (Å²) in [5.41, 5.74) is 0. The molecule has 2 atom stereocenters. The van der Waals surface area contributed by atoms with Crippen molar-refractivity contribution in [2.24, 2.45) is 0 Å². The Morgan fingerprint density at radius 2 is 2.23 bits per heavy atom. The first-order chi connectivity index (χ1) is 6.36. The van der Waals surface area contributed by atoms with Crippen molar-refractivity contribution in [3.8, 4) is 6.07 Å². The summed E-state index contributed by atoms with van der Waals surface area (Å²) in [6.07, 6.45) is 8.43. The second-order valence-electron chi connectivity index (χ2n) is 3.80. The van der Waals surface area contributed by atoms with Crippen LogP contribution in [0.4, 0.5) is 0 Å². The van der Waals surface area contributed by atoms with Gasteiger partial charge in [0.2, 0.25) is 0 Å². The van der Waals surface area contributed by atoms with Crippen LogP contribution >= 0.6 is 0 Å². The van der Waals surface area contributed by atoms with E-state index in [2.05, 4.69) is 13.0 Å². The zero-order valence-electron chi connectivity index (χ0n) is 8.46. The molecule has 0 spiro atoms. The Balaban J connectivity index is 2.15. The Bertz CT molecular complexity index is 173. The minimum atomic E-state index is -0.125. The topological polar surface area (TPSA) is 33.0 Å². The number of hydrogen-bond donors (Lipinski definition) is 0. The molecule has 1 aliphatic heterocycles. The fourth-order valence-corrected chi connectivity index (χ4v) is 1.83. The monoisotopic (exact) mass is 181 g/mol. The molecule has 0 unspecified atom stereocenters. The van der Waals surface area contributed by atoms with Crippen LogP contribution in [0.3, 0.4) is 0 Å². The summed E-state index contributed by atoms with van der Waals surface area (Å²) in [6.45, 7) is 2.21. The van der Waals surface area contributed by atoms with E-state index in [0.717, 1.165) is 25.7 Å². The largest absolute Gasteiger partial charge is 0.360 e. The minimum Gasteiger partial charge on any atom is -0.360 e. The SMILES string of the molecule is CCCCC[C@@H]1CCC[C@H](C#N)O1. The highest BCUT2D eigenvalue weighted by Gasteiger charge is 2.21. The van der Waals surface area contributed by atoms with Gasteiger partial charge in [0.1, 0.15) is 6.10 Å². The number of nitrogens with zero attached hydrogens (tertiary/aromatic N) is 1. The summed E-state index contributed by atoms with van der Waals surface area (Å²) >= 11 is 0. The highest BCUT2D eigenvalue weighted by Crippen LogP contribution is 2.22. The van der Waals surface area contributed by atoms with Crippen LogP contribution < -0.4 is 0 Å². The van der Waals surface area contributed by atoms with Gasteiger partial charge in [0.25, 0.3) is 0 Å². The summed E-state index contributed by atoms with van der Waals surface area (Å²) in [5.74, 6) is 0. The van der Waals surface area contributed by atoms with E-state index in [9.17, 15) is 0 Å². The highest BCUT2D eigenvalue weighted by molar-refractivity contribution is 4.87. The van der Waals surface area contributed by atoms with Crippen molar-refractivity contribution in [2.75, 3.05) is 0 Å². The van der Waals surface area contributed by atoms with Gasteiger partial charge in [-0.05, 0) is 25.7 Å². The Morgan fingerprint density at radius 3 is 2.92 bits per heavy atom. The lowest BCUT2D eigenvalue weighted by atomic mass is 10.0. The molecule has 0 aliphatic carbocycles. The van der Waals surface area contributed by atoms with Crippen LogP contribution in [-0.2, 0) is 4.74 Å². The van der Waals surface area contributed by atoms with Gasteiger partial charge in [0.15, 0.2) is 0 Å². The molecular formula is C11H19NO. The zero-order chi connectivity index (χ0) is 9.52. The van der Waals surface area contributed by atoms with Crippen LogP contribution in [0.25, 0.3) is 0 Å². The maximum absolute atomic E-state index is 8.71. The third kappa shape index (κ3) is 3.78. The van der Waals surface area contributed by atoms with Crippen LogP contribution in [0.2, 0.25) is 0 Å². The molecule has 0 aromatic heterocycles. The second-order valence-corrected chi connectivity index (χ2v) is 3.80. The van der Waals surface area contributed by atoms with Crippen molar-refractivity contribution in [1.29, 1.82) is 5.26 Å². The molecular weight excluding hydrogens is 162 g/mol. The van der Waals surface area contributed by atoms with E-state index in [4.69, 9.17) is 10.00 Å². The first-order valence-corrected chi connectivity index (χ1v) is 5.42. The van der Waals surface area contributed by atoms with E-state index >= 15 is 0 Å². The van der Waals surface area contributed by atoms with Gasteiger partial charge in [-0.3, -0.25) is 0 Å². The van der Waals surface area contributed by atoms with E-state index in [1.165, 1.54) is 19.3 Å². The standard InChI is InChI=1S/C11H19NO/c1-2-3-4-6-10-7-5-8-11(9-12)13-10/h10-11H,2-8H2,1H3/t10-,11-/m1/s1. The number of nitriles is 1. The molecule has 0 bridgehead atoms. The molecule has 1 saturated heterocycles. The molecule has 0 N–H and O–H groups in total. The van der Waals surface area contributed by atoms with Crippen molar-refractivity contribution in [3.05, 3.63) is 0 Å². The van der Waals surface area contributed by atoms with Crippen molar-refractivity contribution < 1.29 is 4.74 Å². The summed E-state index contributed by atoms with van der Waals surface area (Å²) in [4.78, 5) is 0. The third-order valence-corrected chi connectivity index (χ3v) is 2.62. The van der Waals surface area contributed by atoms with Crippen LogP contribution in [0, 0.1) is 11.3 Å². The zero-order valence-corrected chi connectivity index (χ0v) is 8.46. The lowest BCUT2D eigenvalue weighted by Crippen LogP contribution is -2.26. The van der Waals surface area contributed by atoms with Gasteiger partial charge in [-0.1, -0.05) is 26.2 Å². The first-order valence-electron chi connectivity index (χ1n) is 5.42.